The maximum Gasteiger partial charge on any atom is 0.332 e. The van der Waals surface area contributed by atoms with Crippen LogP contribution in [0.4, 0.5) is 4.79 Å². The number of hydrogen-bond donors (Lipinski definition) is 2. The lowest BCUT2D eigenvalue weighted by atomic mass is 10.1. The zero-order valence-corrected chi connectivity index (χ0v) is 8.03. The van der Waals surface area contributed by atoms with Crippen molar-refractivity contribution < 1.29 is 4.79 Å². The lowest BCUT2D eigenvalue weighted by molar-refractivity contribution is 0.249. The minimum atomic E-state index is -0.661. The van der Waals surface area contributed by atoms with Crippen molar-refractivity contribution in [2.24, 2.45) is 10.8 Å². The van der Waals surface area contributed by atoms with Crippen molar-refractivity contribution in [3.63, 3.8) is 0 Å². The van der Waals surface area contributed by atoms with Gasteiger partial charge in [0.25, 0.3) is 0 Å². The summed E-state index contributed by atoms with van der Waals surface area (Å²) in [5.41, 5.74) is 9.16. The minimum Gasteiger partial charge on any atom is -0.350 e. The van der Waals surface area contributed by atoms with Crippen molar-refractivity contribution in [3.05, 3.63) is 35.4 Å². The molecule has 0 bridgehead atoms. The van der Waals surface area contributed by atoms with Gasteiger partial charge < -0.3 is 5.73 Å². The number of nitrogens with zero attached hydrogens (tertiary/aromatic N) is 1. The predicted molar refractivity (Wildman–Crippen MR) is 56.1 cm³/mol. The molecule has 1 rings (SSSR count). The summed E-state index contributed by atoms with van der Waals surface area (Å²) in [4.78, 5) is 10.3. The lowest BCUT2D eigenvalue weighted by Crippen LogP contribution is -2.24. The third kappa shape index (κ3) is 3.26. The van der Waals surface area contributed by atoms with E-state index in [0.29, 0.717) is 0 Å². The molecule has 0 aliphatic heterocycles. The zero-order chi connectivity index (χ0) is 10.4. The smallest absolute Gasteiger partial charge is 0.332 e. The number of nitrogens with one attached hydrogen (secondary N) is 1. The van der Waals surface area contributed by atoms with Gasteiger partial charge in [0.05, 0.1) is 6.21 Å². The summed E-state index contributed by atoms with van der Waals surface area (Å²) in [5.74, 6) is 0. The highest BCUT2D eigenvalue weighted by molar-refractivity contribution is 5.81. The number of nitrogens with two attached hydrogens (primary N) is 1. The Balaban J connectivity index is 2.59. The van der Waals surface area contributed by atoms with Crippen LogP contribution in [0.2, 0.25) is 0 Å². The Hall–Kier alpha value is -1.84. The Morgan fingerprint density at radius 3 is 2.64 bits per heavy atom. The normalized spacial score (nSPS) is 10.4. The van der Waals surface area contributed by atoms with Gasteiger partial charge in [0, 0.05) is 0 Å². The van der Waals surface area contributed by atoms with E-state index in [1.165, 1.54) is 5.56 Å². The molecule has 4 heteroatoms. The summed E-state index contributed by atoms with van der Waals surface area (Å²) in [5, 5.41) is 3.65. The lowest BCUT2D eigenvalue weighted by Gasteiger charge is -1.96. The van der Waals surface area contributed by atoms with Gasteiger partial charge in [0.2, 0.25) is 0 Å². The topological polar surface area (TPSA) is 67.5 Å². The van der Waals surface area contributed by atoms with Gasteiger partial charge in [-0.25, -0.2) is 10.2 Å². The van der Waals surface area contributed by atoms with Gasteiger partial charge in [-0.05, 0) is 17.5 Å². The molecular formula is C10H13N3O. The first-order chi connectivity index (χ1) is 6.72. The van der Waals surface area contributed by atoms with Gasteiger partial charge in [0.1, 0.15) is 0 Å². The van der Waals surface area contributed by atoms with Crippen molar-refractivity contribution in [1.29, 1.82) is 0 Å². The number of amides is 2. The molecule has 0 spiro atoms. The van der Waals surface area contributed by atoms with E-state index in [1.54, 1.807) is 6.21 Å². The largest absolute Gasteiger partial charge is 0.350 e. The van der Waals surface area contributed by atoms with Crippen LogP contribution in [0.15, 0.2) is 29.4 Å². The predicted octanol–water partition coefficient (Wildman–Crippen LogP) is 1.25. The average Bonchev–Trinajstić information content (AvgIpc) is 2.18. The molecule has 1 aromatic carbocycles. The molecule has 0 radical (unpaired) electrons. The van der Waals surface area contributed by atoms with Crippen LogP contribution in [-0.4, -0.2) is 12.2 Å². The van der Waals surface area contributed by atoms with Crippen LogP contribution in [0.1, 0.15) is 18.1 Å². The first-order valence-electron chi connectivity index (χ1n) is 4.40. The summed E-state index contributed by atoms with van der Waals surface area (Å²) < 4.78 is 0. The van der Waals surface area contributed by atoms with Crippen molar-refractivity contribution in [3.8, 4) is 0 Å². The molecule has 0 aliphatic rings. The minimum absolute atomic E-state index is 0.661. The molecular weight excluding hydrogens is 178 g/mol. The highest BCUT2D eigenvalue weighted by Crippen LogP contribution is 2.02. The van der Waals surface area contributed by atoms with Crippen LogP contribution in [0.25, 0.3) is 0 Å². The van der Waals surface area contributed by atoms with Gasteiger partial charge in [-0.15, -0.1) is 0 Å². The SMILES string of the molecule is CCc1ccc(/C=N/NC(N)=O)cc1. The molecule has 74 valence electrons. The highest BCUT2D eigenvalue weighted by atomic mass is 16.2. The number of benzene rings is 1. The average molecular weight is 191 g/mol. The van der Waals surface area contributed by atoms with Crippen molar-refractivity contribution in [2.75, 3.05) is 0 Å². The van der Waals surface area contributed by atoms with Gasteiger partial charge in [-0.1, -0.05) is 31.2 Å². The number of carbonyl (C=O) groups is 1. The Morgan fingerprint density at radius 1 is 1.50 bits per heavy atom. The van der Waals surface area contributed by atoms with E-state index in [4.69, 9.17) is 5.73 Å². The van der Waals surface area contributed by atoms with Crippen LogP contribution in [-0.2, 0) is 6.42 Å². The summed E-state index contributed by atoms with van der Waals surface area (Å²) in [6.45, 7) is 2.09. The molecule has 0 heterocycles. The van der Waals surface area contributed by atoms with E-state index in [-0.39, 0.29) is 0 Å². The molecule has 0 saturated carbocycles. The second kappa shape index (κ2) is 5.01. The van der Waals surface area contributed by atoms with E-state index < -0.39 is 6.03 Å². The fraction of sp³-hybridized carbons (Fsp3) is 0.200. The monoisotopic (exact) mass is 191 g/mol. The summed E-state index contributed by atoms with van der Waals surface area (Å²) in [7, 11) is 0. The van der Waals surface area contributed by atoms with Crippen LogP contribution < -0.4 is 11.2 Å². The van der Waals surface area contributed by atoms with E-state index in [2.05, 4.69) is 17.5 Å². The molecule has 1 aromatic rings. The number of urea groups is 1. The molecule has 4 nitrogen and oxygen atoms in total. The van der Waals surface area contributed by atoms with Gasteiger partial charge in [-0.3, -0.25) is 0 Å². The quantitative estimate of drug-likeness (QED) is 0.548. The van der Waals surface area contributed by atoms with Crippen LogP contribution in [0.3, 0.4) is 0 Å². The third-order valence-electron chi connectivity index (χ3n) is 1.78. The molecule has 0 aromatic heterocycles. The molecule has 2 amide bonds. The second-order valence-electron chi connectivity index (χ2n) is 2.83. The third-order valence-corrected chi connectivity index (χ3v) is 1.78. The van der Waals surface area contributed by atoms with Crippen LogP contribution >= 0.6 is 0 Å². The molecule has 0 fully saturated rings. The summed E-state index contributed by atoms with van der Waals surface area (Å²) in [6.07, 6.45) is 2.56. The fourth-order valence-electron chi connectivity index (χ4n) is 1.01. The molecule has 3 N–H and O–H groups in total. The van der Waals surface area contributed by atoms with E-state index >= 15 is 0 Å². The van der Waals surface area contributed by atoms with Crippen LogP contribution in [0, 0.1) is 0 Å². The molecule has 0 saturated heterocycles. The molecule has 0 unspecified atom stereocenters. The standard InChI is InChI=1S/C10H13N3O/c1-2-8-3-5-9(6-4-8)7-12-13-10(11)14/h3-7H,2H2,1H3,(H3,11,13,14)/b12-7+. The number of hydrogen-bond acceptors (Lipinski definition) is 2. The van der Waals surface area contributed by atoms with Gasteiger partial charge in [-0.2, -0.15) is 5.10 Å². The number of primary amides is 1. The molecule has 0 aliphatic carbocycles. The number of aryl methyl sites for hydroxylation is 1. The Bertz CT molecular complexity index is 330. The van der Waals surface area contributed by atoms with Crippen molar-refractivity contribution in [2.45, 2.75) is 13.3 Å². The number of rotatable bonds is 3. The molecule has 14 heavy (non-hydrogen) atoms. The summed E-state index contributed by atoms with van der Waals surface area (Å²) in [6, 6.07) is 7.25. The Kier molecular flexibility index (Phi) is 3.67. The number of carbonyl (C=O) groups excluding carboxylic acids is 1. The van der Waals surface area contributed by atoms with Gasteiger partial charge >= 0.3 is 6.03 Å². The van der Waals surface area contributed by atoms with Gasteiger partial charge in [0.15, 0.2) is 0 Å². The van der Waals surface area contributed by atoms with Crippen LogP contribution in [0.5, 0.6) is 0 Å². The highest BCUT2D eigenvalue weighted by Gasteiger charge is 1.90. The van der Waals surface area contributed by atoms with E-state index in [9.17, 15) is 4.79 Å². The maximum absolute atomic E-state index is 10.3. The second-order valence-corrected chi connectivity index (χ2v) is 2.83. The molecule has 0 atom stereocenters. The van der Waals surface area contributed by atoms with E-state index in [0.717, 1.165) is 12.0 Å². The fourth-order valence-corrected chi connectivity index (χ4v) is 1.01. The summed E-state index contributed by atoms with van der Waals surface area (Å²) >= 11 is 0. The van der Waals surface area contributed by atoms with Crippen molar-refractivity contribution in [1.82, 2.24) is 5.43 Å². The first kappa shape index (κ1) is 10.2. The Morgan fingerprint density at radius 2 is 2.14 bits per heavy atom. The first-order valence-corrected chi connectivity index (χ1v) is 4.40. The Labute approximate surface area is 82.8 Å². The number of hydrazone groups is 1. The van der Waals surface area contributed by atoms with E-state index in [1.807, 2.05) is 24.3 Å². The maximum atomic E-state index is 10.3. The van der Waals surface area contributed by atoms with Crippen molar-refractivity contribution >= 4 is 12.2 Å². The zero-order valence-electron chi connectivity index (χ0n) is 8.03.